The summed E-state index contributed by atoms with van der Waals surface area (Å²) in [4.78, 5) is 4.39. The Morgan fingerprint density at radius 2 is 1.83 bits per heavy atom. The van der Waals surface area contributed by atoms with Gasteiger partial charge in [0.05, 0.1) is 5.52 Å². The van der Waals surface area contributed by atoms with Gasteiger partial charge in [0.1, 0.15) is 0 Å². The van der Waals surface area contributed by atoms with Gasteiger partial charge in [-0.25, -0.2) is 0 Å². The molecule has 1 heteroatoms. The van der Waals surface area contributed by atoms with Crippen molar-refractivity contribution in [2.24, 2.45) is 0 Å². The SMILES string of the molecule is C=Cc1cccc(-c2cccc3ncccc23)c1. The van der Waals surface area contributed by atoms with Crippen LogP contribution in [0.25, 0.3) is 28.1 Å². The second-order valence-electron chi connectivity index (χ2n) is 4.21. The molecule has 0 spiro atoms. The minimum absolute atomic E-state index is 1.03. The van der Waals surface area contributed by atoms with Crippen molar-refractivity contribution in [3.63, 3.8) is 0 Å². The maximum absolute atomic E-state index is 4.39. The molecule has 0 fully saturated rings. The van der Waals surface area contributed by atoms with Crippen molar-refractivity contribution in [2.45, 2.75) is 0 Å². The molecular weight excluding hydrogens is 218 g/mol. The first-order valence-electron chi connectivity index (χ1n) is 5.95. The first-order valence-corrected chi connectivity index (χ1v) is 5.95. The van der Waals surface area contributed by atoms with Gasteiger partial charge >= 0.3 is 0 Å². The van der Waals surface area contributed by atoms with Gasteiger partial charge in [-0.2, -0.15) is 0 Å². The maximum Gasteiger partial charge on any atom is 0.0708 e. The predicted molar refractivity (Wildman–Crippen MR) is 77.3 cm³/mol. The summed E-state index contributed by atoms with van der Waals surface area (Å²) in [6, 6.07) is 18.7. The van der Waals surface area contributed by atoms with Gasteiger partial charge in [-0.15, -0.1) is 0 Å². The number of hydrogen-bond acceptors (Lipinski definition) is 1. The summed E-state index contributed by atoms with van der Waals surface area (Å²) in [6.07, 6.45) is 3.69. The number of aromatic nitrogens is 1. The Balaban J connectivity index is 2.27. The van der Waals surface area contributed by atoms with Gasteiger partial charge in [0.2, 0.25) is 0 Å². The summed E-state index contributed by atoms with van der Waals surface area (Å²) in [5, 5.41) is 1.18. The predicted octanol–water partition coefficient (Wildman–Crippen LogP) is 4.54. The van der Waals surface area contributed by atoms with E-state index in [-0.39, 0.29) is 0 Å². The van der Waals surface area contributed by atoms with E-state index in [1.165, 1.54) is 16.5 Å². The van der Waals surface area contributed by atoms with Crippen LogP contribution >= 0.6 is 0 Å². The molecule has 86 valence electrons. The van der Waals surface area contributed by atoms with Crippen LogP contribution in [0.2, 0.25) is 0 Å². The Morgan fingerprint density at radius 1 is 0.944 bits per heavy atom. The highest BCUT2D eigenvalue weighted by atomic mass is 14.6. The van der Waals surface area contributed by atoms with Crippen LogP contribution in [0.1, 0.15) is 5.56 Å². The number of fused-ring (bicyclic) bond motifs is 1. The third-order valence-electron chi connectivity index (χ3n) is 3.08. The number of rotatable bonds is 2. The van der Waals surface area contributed by atoms with E-state index in [0.717, 1.165) is 11.1 Å². The summed E-state index contributed by atoms with van der Waals surface area (Å²) >= 11 is 0. The molecule has 0 saturated carbocycles. The number of hydrogen-bond donors (Lipinski definition) is 0. The lowest BCUT2D eigenvalue weighted by atomic mass is 9.99. The highest BCUT2D eigenvalue weighted by molar-refractivity contribution is 5.94. The average molecular weight is 231 g/mol. The van der Waals surface area contributed by atoms with E-state index < -0.39 is 0 Å². The van der Waals surface area contributed by atoms with Crippen LogP contribution < -0.4 is 0 Å². The van der Waals surface area contributed by atoms with Crippen molar-refractivity contribution in [1.29, 1.82) is 0 Å². The van der Waals surface area contributed by atoms with E-state index in [1.807, 2.05) is 30.5 Å². The molecule has 0 aliphatic heterocycles. The largest absolute Gasteiger partial charge is 0.256 e. The summed E-state index contributed by atoms with van der Waals surface area (Å²) < 4.78 is 0. The zero-order chi connectivity index (χ0) is 12.4. The fourth-order valence-corrected chi connectivity index (χ4v) is 2.19. The quantitative estimate of drug-likeness (QED) is 0.630. The first kappa shape index (κ1) is 10.7. The third-order valence-corrected chi connectivity index (χ3v) is 3.08. The molecule has 3 aromatic rings. The summed E-state index contributed by atoms with van der Waals surface area (Å²) in [5.74, 6) is 0. The van der Waals surface area contributed by atoms with E-state index in [9.17, 15) is 0 Å². The number of nitrogens with zero attached hydrogens (tertiary/aromatic N) is 1. The van der Waals surface area contributed by atoms with Gasteiger partial charge in [-0.05, 0) is 34.9 Å². The fraction of sp³-hybridized carbons (Fsp3) is 0. The molecule has 1 nitrogen and oxygen atoms in total. The molecule has 2 aromatic carbocycles. The molecule has 0 bridgehead atoms. The summed E-state index contributed by atoms with van der Waals surface area (Å²) in [5.41, 5.74) is 4.57. The zero-order valence-electron chi connectivity index (χ0n) is 10.0. The molecule has 1 aromatic heterocycles. The minimum Gasteiger partial charge on any atom is -0.256 e. The van der Waals surface area contributed by atoms with Gasteiger partial charge in [-0.3, -0.25) is 4.98 Å². The molecule has 3 rings (SSSR count). The van der Waals surface area contributed by atoms with Gasteiger partial charge in [0, 0.05) is 11.6 Å². The van der Waals surface area contributed by atoms with E-state index >= 15 is 0 Å². The van der Waals surface area contributed by atoms with Crippen molar-refractivity contribution in [1.82, 2.24) is 4.98 Å². The molecule has 0 aliphatic rings. The second kappa shape index (κ2) is 4.46. The Labute approximate surface area is 106 Å². The molecule has 1 heterocycles. The zero-order valence-corrected chi connectivity index (χ0v) is 10.0. The molecule has 0 atom stereocenters. The van der Waals surface area contributed by atoms with E-state index in [4.69, 9.17) is 0 Å². The van der Waals surface area contributed by atoms with Crippen LogP contribution in [-0.2, 0) is 0 Å². The second-order valence-corrected chi connectivity index (χ2v) is 4.21. The fourth-order valence-electron chi connectivity index (χ4n) is 2.19. The molecular formula is C17H13N. The van der Waals surface area contributed by atoms with Crippen LogP contribution in [-0.4, -0.2) is 4.98 Å². The first-order chi connectivity index (χ1) is 8.88. The van der Waals surface area contributed by atoms with Crippen LogP contribution in [0.4, 0.5) is 0 Å². The Hall–Kier alpha value is -2.41. The monoisotopic (exact) mass is 231 g/mol. The van der Waals surface area contributed by atoms with Gasteiger partial charge < -0.3 is 0 Å². The van der Waals surface area contributed by atoms with Crippen molar-refractivity contribution >= 4 is 17.0 Å². The van der Waals surface area contributed by atoms with Gasteiger partial charge in [-0.1, -0.05) is 49.1 Å². The van der Waals surface area contributed by atoms with Crippen molar-refractivity contribution in [3.8, 4) is 11.1 Å². The smallest absolute Gasteiger partial charge is 0.0708 e. The minimum atomic E-state index is 1.03. The molecule has 0 radical (unpaired) electrons. The van der Waals surface area contributed by atoms with Crippen LogP contribution in [0, 0.1) is 0 Å². The van der Waals surface area contributed by atoms with Crippen LogP contribution in [0.5, 0.6) is 0 Å². The topological polar surface area (TPSA) is 12.9 Å². The van der Waals surface area contributed by atoms with E-state index in [2.05, 4.69) is 48.0 Å². The van der Waals surface area contributed by atoms with E-state index in [0.29, 0.717) is 0 Å². The molecule has 0 saturated heterocycles. The van der Waals surface area contributed by atoms with Crippen LogP contribution in [0.15, 0.2) is 67.4 Å². The third kappa shape index (κ3) is 1.80. The molecule has 0 unspecified atom stereocenters. The highest BCUT2D eigenvalue weighted by Crippen LogP contribution is 2.28. The van der Waals surface area contributed by atoms with Crippen molar-refractivity contribution in [3.05, 3.63) is 72.9 Å². The standard InChI is InChI=1S/C17H13N/c1-2-13-6-3-7-14(12-13)15-8-4-10-17-16(15)9-5-11-18-17/h2-12H,1H2. The van der Waals surface area contributed by atoms with Gasteiger partial charge in [0.25, 0.3) is 0 Å². The van der Waals surface area contributed by atoms with Crippen molar-refractivity contribution < 1.29 is 0 Å². The number of benzene rings is 2. The van der Waals surface area contributed by atoms with Crippen LogP contribution in [0.3, 0.4) is 0 Å². The number of pyridine rings is 1. The average Bonchev–Trinajstić information content (AvgIpc) is 2.47. The normalized spacial score (nSPS) is 10.4. The molecule has 18 heavy (non-hydrogen) atoms. The van der Waals surface area contributed by atoms with E-state index in [1.54, 1.807) is 0 Å². The summed E-state index contributed by atoms with van der Waals surface area (Å²) in [7, 11) is 0. The lowest BCUT2D eigenvalue weighted by molar-refractivity contribution is 1.41. The maximum atomic E-state index is 4.39. The van der Waals surface area contributed by atoms with Gasteiger partial charge in [0.15, 0.2) is 0 Å². The Kier molecular flexibility index (Phi) is 2.66. The Bertz CT molecular complexity index is 708. The molecule has 0 aliphatic carbocycles. The lowest BCUT2D eigenvalue weighted by Crippen LogP contribution is -1.84. The summed E-state index contributed by atoms with van der Waals surface area (Å²) in [6.45, 7) is 3.82. The molecule has 0 amide bonds. The lowest BCUT2D eigenvalue weighted by Gasteiger charge is -2.07. The van der Waals surface area contributed by atoms with Crippen molar-refractivity contribution in [2.75, 3.05) is 0 Å². The molecule has 0 N–H and O–H groups in total. The highest BCUT2D eigenvalue weighted by Gasteiger charge is 2.03. The Morgan fingerprint density at radius 3 is 2.72 bits per heavy atom.